The number of anilines is 3. The van der Waals surface area contributed by atoms with Gasteiger partial charge in [0, 0.05) is 24.8 Å². The Balaban J connectivity index is 1.69. The van der Waals surface area contributed by atoms with Crippen molar-refractivity contribution in [1.82, 2.24) is 15.3 Å². The quantitative estimate of drug-likeness (QED) is 0.780. The maximum atomic E-state index is 12.8. The number of nitrogens with one attached hydrogen (secondary N) is 3. The van der Waals surface area contributed by atoms with Crippen LogP contribution in [0.5, 0.6) is 0 Å². The predicted octanol–water partition coefficient (Wildman–Crippen LogP) is 1.74. The van der Waals surface area contributed by atoms with Gasteiger partial charge in [-0.1, -0.05) is 0 Å². The van der Waals surface area contributed by atoms with Crippen LogP contribution in [-0.4, -0.2) is 29.1 Å². The van der Waals surface area contributed by atoms with Gasteiger partial charge in [0.15, 0.2) is 0 Å². The van der Waals surface area contributed by atoms with Crippen molar-refractivity contribution < 1.29 is 4.39 Å². The molecule has 0 atom stereocenters. The molecule has 1 aromatic carbocycles. The Morgan fingerprint density at radius 1 is 1.11 bits per heavy atom. The second-order valence-corrected chi connectivity index (χ2v) is 4.42. The SMILES string of the molecule is Fc1ccc(Nc2cc(NC3CNC3)ncn2)cc1. The van der Waals surface area contributed by atoms with E-state index in [4.69, 9.17) is 0 Å². The van der Waals surface area contributed by atoms with E-state index in [0.717, 1.165) is 24.6 Å². The van der Waals surface area contributed by atoms with E-state index >= 15 is 0 Å². The highest BCUT2D eigenvalue weighted by molar-refractivity contribution is 5.58. The number of hydrogen-bond donors (Lipinski definition) is 3. The van der Waals surface area contributed by atoms with E-state index in [1.54, 1.807) is 12.1 Å². The van der Waals surface area contributed by atoms with Crippen molar-refractivity contribution in [3.05, 3.63) is 42.5 Å². The molecule has 1 aromatic heterocycles. The minimum Gasteiger partial charge on any atom is -0.365 e. The molecule has 0 bridgehead atoms. The van der Waals surface area contributed by atoms with Gasteiger partial charge in [-0.3, -0.25) is 0 Å². The number of benzene rings is 1. The van der Waals surface area contributed by atoms with Crippen molar-refractivity contribution in [3.8, 4) is 0 Å². The molecule has 3 rings (SSSR count). The topological polar surface area (TPSA) is 61.9 Å². The fourth-order valence-electron chi connectivity index (χ4n) is 1.79. The molecule has 19 heavy (non-hydrogen) atoms. The van der Waals surface area contributed by atoms with Crippen LogP contribution < -0.4 is 16.0 Å². The van der Waals surface area contributed by atoms with Gasteiger partial charge in [-0.15, -0.1) is 0 Å². The summed E-state index contributed by atoms with van der Waals surface area (Å²) in [6, 6.07) is 8.40. The molecule has 0 unspecified atom stereocenters. The first-order valence-electron chi connectivity index (χ1n) is 6.11. The third-order valence-electron chi connectivity index (χ3n) is 2.92. The average molecular weight is 259 g/mol. The third-order valence-corrected chi connectivity index (χ3v) is 2.92. The Hall–Kier alpha value is -2.21. The fraction of sp³-hybridized carbons (Fsp3) is 0.231. The zero-order valence-electron chi connectivity index (χ0n) is 10.2. The Morgan fingerprint density at radius 3 is 2.53 bits per heavy atom. The molecule has 0 saturated carbocycles. The highest BCUT2D eigenvalue weighted by Crippen LogP contribution is 2.17. The maximum Gasteiger partial charge on any atom is 0.135 e. The Morgan fingerprint density at radius 2 is 1.84 bits per heavy atom. The molecule has 0 spiro atoms. The first-order chi connectivity index (χ1) is 9.29. The van der Waals surface area contributed by atoms with Crippen LogP contribution in [0.15, 0.2) is 36.7 Å². The lowest BCUT2D eigenvalue weighted by atomic mass is 10.2. The molecule has 2 heterocycles. The van der Waals surface area contributed by atoms with Crippen molar-refractivity contribution in [1.29, 1.82) is 0 Å². The van der Waals surface area contributed by atoms with Gasteiger partial charge >= 0.3 is 0 Å². The van der Waals surface area contributed by atoms with Gasteiger partial charge < -0.3 is 16.0 Å². The lowest BCUT2D eigenvalue weighted by Crippen LogP contribution is -2.51. The van der Waals surface area contributed by atoms with Crippen molar-refractivity contribution >= 4 is 17.3 Å². The number of rotatable bonds is 4. The molecule has 1 aliphatic rings. The van der Waals surface area contributed by atoms with Gasteiger partial charge in [-0.25, -0.2) is 14.4 Å². The largest absolute Gasteiger partial charge is 0.365 e. The van der Waals surface area contributed by atoms with Crippen molar-refractivity contribution in [2.24, 2.45) is 0 Å². The molecular weight excluding hydrogens is 245 g/mol. The van der Waals surface area contributed by atoms with E-state index in [0.29, 0.717) is 11.9 Å². The Bertz CT molecular complexity index is 553. The lowest BCUT2D eigenvalue weighted by molar-refractivity contribution is 0.471. The molecule has 2 aromatic rings. The minimum atomic E-state index is -0.256. The van der Waals surface area contributed by atoms with Crippen LogP contribution in [0.2, 0.25) is 0 Å². The van der Waals surface area contributed by atoms with Crippen LogP contribution in [0.4, 0.5) is 21.7 Å². The van der Waals surface area contributed by atoms with Crippen molar-refractivity contribution in [2.45, 2.75) is 6.04 Å². The van der Waals surface area contributed by atoms with Crippen LogP contribution in [0.1, 0.15) is 0 Å². The van der Waals surface area contributed by atoms with Gasteiger partial charge in [0.25, 0.3) is 0 Å². The lowest BCUT2D eigenvalue weighted by Gasteiger charge is -2.28. The zero-order chi connectivity index (χ0) is 13.1. The molecule has 5 nitrogen and oxygen atoms in total. The molecule has 1 saturated heterocycles. The first-order valence-corrected chi connectivity index (χ1v) is 6.11. The number of nitrogens with zero attached hydrogens (tertiary/aromatic N) is 2. The van der Waals surface area contributed by atoms with Crippen LogP contribution >= 0.6 is 0 Å². The van der Waals surface area contributed by atoms with Crippen molar-refractivity contribution in [3.63, 3.8) is 0 Å². The molecule has 0 radical (unpaired) electrons. The fourth-order valence-corrected chi connectivity index (χ4v) is 1.79. The van der Waals surface area contributed by atoms with Crippen LogP contribution in [0.3, 0.4) is 0 Å². The smallest absolute Gasteiger partial charge is 0.135 e. The zero-order valence-corrected chi connectivity index (χ0v) is 10.2. The van der Waals surface area contributed by atoms with E-state index in [2.05, 4.69) is 25.9 Å². The summed E-state index contributed by atoms with van der Waals surface area (Å²) in [6.45, 7) is 1.90. The van der Waals surface area contributed by atoms with E-state index in [9.17, 15) is 4.39 Å². The van der Waals surface area contributed by atoms with Gasteiger partial charge in [0.05, 0.1) is 6.04 Å². The van der Waals surface area contributed by atoms with Crippen LogP contribution in [-0.2, 0) is 0 Å². The van der Waals surface area contributed by atoms with Gasteiger partial charge in [-0.05, 0) is 24.3 Å². The molecular formula is C13H14FN5. The summed E-state index contributed by atoms with van der Waals surface area (Å²) in [5, 5.41) is 9.59. The second-order valence-electron chi connectivity index (χ2n) is 4.42. The summed E-state index contributed by atoms with van der Waals surface area (Å²) in [4.78, 5) is 8.30. The summed E-state index contributed by atoms with van der Waals surface area (Å²) in [5.41, 5.74) is 0.788. The van der Waals surface area contributed by atoms with Crippen molar-refractivity contribution in [2.75, 3.05) is 23.7 Å². The number of halogens is 1. The Labute approximate surface area is 110 Å². The average Bonchev–Trinajstić information content (AvgIpc) is 2.37. The second kappa shape index (κ2) is 5.19. The predicted molar refractivity (Wildman–Crippen MR) is 72.0 cm³/mol. The number of hydrogen-bond acceptors (Lipinski definition) is 5. The minimum absolute atomic E-state index is 0.256. The highest BCUT2D eigenvalue weighted by atomic mass is 19.1. The third kappa shape index (κ3) is 2.97. The summed E-state index contributed by atoms with van der Waals surface area (Å²) in [5.74, 6) is 1.20. The van der Waals surface area contributed by atoms with E-state index in [-0.39, 0.29) is 5.82 Å². The van der Waals surface area contributed by atoms with Crippen LogP contribution in [0, 0.1) is 5.82 Å². The molecule has 1 aliphatic heterocycles. The van der Waals surface area contributed by atoms with E-state index < -0.39 is 0 Å². The van der Waals surface area contributed by atoms with E-state index in [1.807, 2.05) is 6.07 Å². The summed E-state index contributed by atoms with van der Waals surface area (Å²) >= 11 is 0. The molecule has 6 heteroatoms. The highest BCUT2D eigenvalue weighted by Gasteiger charge is 2.16. The van der Waals surface area contributed by atoms with Gasteiger partial charge in [0.2, 0.25) is 0 Å². The van der Waals surface area contributed by atoms with Crippen LogP contribution in [0.25, 0.3) is 0 Å². The molecule has 0 amide bonds. The molecule has 98 valence electrons. The Kier molecular flexibility index (Phi) is 3.24. The maximum absolute atomic E-state index is 12.8. The molecule has 3 N–H and O–H groups in total. The molecule has 1 fully saturated rings. The summed E-state index contributed by atoms with van der Waals surface area (Å²) in [7, 11) is 0. The standard InChI is InChI=1S/C13H14FN5/c14-9-1-3-10(4-2-9)18-12-5-13(17-8-16-12)19-11-6-15-7-11/h1-5,8,11,15H,6-7H2,(H2,16,17,18,19). The summed E-state index contributed by atoms with van der Waals surface area (Å²) < 4.78 is 12.8. The van der Waals surface area contributed by atoms with Gasteiger partial charge in [-0.2, -0.15) is 0 Å². The van der Waals surface area contributed by atoms with Gasteiger partial charge in [0.1, 0.15) is 23.8 Å². The van der Waals surface area contributed by atoms with E-state index in [1.165, 1.54) is 18.5 Å². The normalized spacial score (nSPS) is 14.8. The number of aromatic nitrogens is 2. The summed E-state index contributed by atoms with van der Waals surface area (Å²) in [6.07, 6.45) is 1.50. The monoisotopic (exact) mass is 259 g/mol. The molecule has 0 aliphatic carbocycles. The first kappa shape index (κ1) is 11.9.